The molecule has 0 saturated carbocycles. The Balaban J connectivity index is 1.42. The maximum Gasteiger partial charge on any atom is 0.216 e. The van der Waals surface area contributed by atoms with E-state index in [4.69, 9.17) is 17.0 Å². The lowest BCUT2D eigenvalue weighted by molar-refractivity contribution is 0.306. The highest BCUT2D eigenvalue weighted by Crippen LogP contribution is 2.15. The zero-order valence-electron chi connectivity index (χ0n) is 15.0. The second-order valence-corrected chi connectivity index (χ2v) is 7.52. The van der Waals surface area contributed by atoms with E-state index in [0.29, 0.717) is 17.8 Å². The second kappa shape index (κ2) is 8.77. The number of ether oxygens (including phenoxy) is 1. The van der Waals surface area contributed by atoms with Crippen molar-refractivity contribution in [1.82, 2.24) is 14.9 Å². The highest BCUT2D eigenvalue weighted by molar-refractivity contribution is 7.71. The topological polar surface area (TPSA) is 55.2 Å². The number of H-pyrrole nitrogens is 1. The molecule has 0 aliphatic carbocycles. The van der Waals surface area contributed by atoms with Crippen molar-refractivity contribution in [2.75, 3.05) is 0 Å². The number of thiophene rings is 1. The standard InChI is InChI=1S/C21H18N4OS2/c27-21-24-23-20(13-19-7-4-12-28-19)25(21)22-14-16-8-10-18(11-9-16)26-15-17-5-2-1-3-6-17/h1-12,14H,13,15H2,(H,24,27)/b22-14-. The molecule has 2 aromatic carbocycles. The van der Waals surface area contributed by atoms with Gasteiger partial charge in [0.25, 0.3) is 0 Å². The smallest absolute Gasteiger partial charge is 0.216 e. The Bertz CT molecular complexity index is 1100. The van der Waals surface area contributed by atoms with Gasteiger partial charge in [-0.3, -0.25) is 5.10 Å². The molecule has 2 aromatic heterocycles. The van der Waals surface area contributed by atoms with Crippen LogP contribution in [0.4, 0.5) is 0 Å². The van der Waals surface area contributed by atoms with E-state index >= 15 is 0 Å². The van der Waals surface area contributed by atoms with Gasteiger partial charge in [-0.1, -0.05) is 36.4 Å². The third-order valence-electron chi connectivity index (χ3n) is 4.08. The molecular weight excluding hydrogens is 388 g/mol. The summed E-state index contributed by atoms with van der Waals surface area (Å²) in [5.74, 6) is 1.60. The Hall–Kier alpha value is -3.03. The quantitative estimate of drug-likeness (QED) is 0.345. The van der Waals surface area contributed by atoms with Crippen LogP contribution in [0.25, 0.3) is 0 Å². The van der Waals surface area contributed by atoms with Crippen LogP contribution in [0.2, 0.25) is 0 Å². The van der Waals surface area contributed by atoms with Gasteiger partial charge in [-0.05, 0) is 59.1 Å². The van der Waals surface area contributed by atoms with E-state index in [1.54, 1.807) is 22.2 Å². The minimum atomic E-state index is 0.477. The minimum absolute atomic E-state index is 0.477. The van der Waals surface area contributed by atoms with Crippen molar-refractivity contribution >= 4 is 29.8 Å². The third kappa shape index (κ3) is 4.62. The van der Waals surface area contributed by atoms with Crippen molar-refractivity contribution in [2.45, 2.75) is 13.0 Å². The van der Waals surface area contributed by atoms with Gasteiger partial charge < -0.3 is 4.74 Å². The highest BCUT2D eigenvalue weighted by Gasteiger charge is 2.07. The summed E-state index contributed by atoms with van der Waals surface area (Å²) >= 11 is 6.99. The number of rotatable bonds is 7. The molecule has 0 amide bonds. The van der Waals surface area contributed by atoms with Crippen molar-refractivity contribution in [3.8, 4) is 5.75 Å². The molecule has 5 nitrogen and oxygen atoms in total. The molecular formula is C21H18N4OS2. The van der Waals surface area contributed by atoms with Crippen LogP contribution in [0.5, 0.6) is 5.75 Å². The molecule has 0 radical (unpaired) electrons. The SMILES string of the molecule is S=c1[nH]nc(Cc2cccs2)n1/N=C\c1ccc(OCc2ccccc2)cc1. The Morgan fingerprint density at radius 2 is 1.89 bits per heavy atom. The average molecular weight is 407 g/mol. The number of aromatic nitrogens is 3. The Labute approximate surface area is 172 Å². The minimum Gasteiger partial charge on any atom is -0.489 e. The molecule has 0 bridgehead atoms. The maximum absolute atomic E-state index is 5.81. The molecule has 140 valence electrons. The van der Waals surface area contributed by atoms with Crippen molar-refractivity contribution in [1.29, 1.82) is 0 Å². The molecule has 0 unspecified atom stereocenters. The molecule has 0 fully saturated rings. The van der Waals surface area contributed by atoms with Crippen LogP contribution in [-0.4, -0.2) is 21.1 Å². The van der Waals surface area contributed by atoms with Gasteiger partial charge >= 0.3 is 0 Å². The van der Waals surface area contributed by atoms with Gasteiger partial charge in [-0.2, -0.15) is 14.9 Å². The largest absolute Gasteiger partial charge is 0.489 e. The first-order chi connectivity index (χ1) is 13.8. The molecule has 4 rings (SSSR count). The van der Waals surface area contributed by atoms with E-state index in [1.807, 2.05) is 66.0 Å². The third-order valence-corrected chi connectivity index (χ3v) is 5.22. The van der Waals surface area contributed by atoms with Crippen LogP contribution in [-0.2, 0) is 13.0 Å². The molecule has 4 aromatic rings. The second-order valence-electron chi connectivity index (χ2n) is 6.10. The summed E-state index contributed by atoms with van der Waals surface area (Å²) < 4.78 is 7.95. The number of aromatic amines is 1. The van der Waals surface area contributed by atoms with E-state index in [-0.39, 0.29) is 0 Å². The van der Waals surface area contributed by atoms with E-state index < -0.39 is 0 Å². The zero-order chi connectivity index (χ0) is 19.2. The first-order valence-electron chi connectivity index (χ1n) is 8.78. The van der Waals surface area contributed by atoms with Gasteiger partial charge in [0.2, 0.25) is 4.77 Å². The molecule has 7 heteroatoms. The summed E-state index contributed by atoms with van der Waals surface area (Å²) in [7, 11) is 0. The van der Waals surface area contributed by atoms with E-state index in [0.717, 1.165) is 22.7 Å². The van der Waals surface area contributed by atoms with Crippen molar-refractivity contribution < 1.29 is 4.74 Å². The monoisotopic (exact) mass is 406 g/mol. The molecule has 28 heavy (non-hydrogen) atoms. The number of hydrogen-bond acceptors (Lipinski definition) is 5. The number of nitrogens with zero attached hydrogens (tertiary/aromatic N) is 3. The first-order valence-corrected chi connectivity index (χ1v) is 10.1. The van der Waals surface area contributed by atoms with Crippen LogP contribution >= 0.6 is 23.6 Å². The van der Waals surface area contributed by atoms with Gasteiger partial charge in [0.1, 0.15) is 12.4 Å². The molecule has 0 atom stereocenters. The van der Waals surface area contributed by atoms with Gasteiger partial charge in [0.15, 0.2) is 5.82 Å². The van der Waals surface area contributed by atoms with Gasteiger partial charge in [-0.15, -0.1) is 11.3 Å². The van der Waals surface area contributed by atoms with E-state index in [1.165, 1.54) is 4.88 Å². The lowest BCUT2D eigenvalue weighted by Gasteiger charge is -2.06. The van der Waals surface area contributed by atoms with Crippen molar-refractivity contribution in [3.05, 3.63) is 98.7 Å². The predicted molar refractivity (Wildman–Crippen MR) is 115 cm³/mol. The van der Waals surface area contributed by atoms with E-state index in [2.05, 4.69) is 21.4 Å². The van der Waals surface area contributed by atoms with Crippen LogP contribution in [0, 0.1) is 4.77 Å². The molecule has 1 N–H and O–H groups in total. The van der Waals surface area contributed by atoms with Crippen LogP contribution in [0.1, 0.15) is 21.8 Å². The molecule has 0 aliphatic heterocycles. The lowest BCUT2D eigenvalue weighted by atomic mass is 10.2. The van der Waals surface area contributed by atoms with Gasteiger partial charge in [-0.25, -0.2) is 0 Å². The molecule has 0 aliphatic rings. The van der Waals surface area contributed by atoms with E-state index in [9.17, 15) is 0 Å². The zero-order valence-corrected chi connectivity index (χ0v) is 16.6. The highest BCUT2D eigenvalue weighted by atomic mass is 32.1. The number of nitrogens with one attached hydrogen (secondary N) is 1. The Morgan fingerprint density at radius 3 is 2.64 bits per heavy atom. The number of hydrogen-bond donors (Lipinski definition) is 1. The summed E-state index contributed by atoms with van der Waals surface area (Å²) in [6.45, 7) is 0.546. The number of benzene rings is 2. The predicted octanol–water partition coefficient (Wildman–Crippen LogP) is 5.05. The normalized spacial score (nSPS) is 11.1. The Morgan fingerprint density at radius 1 is 1.07 bits per heavy atom. The van der Waals surface area contributed by atoms with Crippen molar-refractivity contribution in [3.63, 3.8) is 0 Å². The van der Waals surface area contributed by atoms with Crippen molar-refractivity contribution in [2.24, 2.45) is 5.10 Å². The summed E-state index contributed by atoms with van der Waals surface area (Å²) in [6.07, 6.45) is 2.46. The fourth-order valence-corrected chi connectivity index (χ4v) is 3.54. The molecule has 2 heterocycles. The molecule has 0 saturated heterocycles. The summed E-state index contributed by atoms with van der Waals surface area (Å²) in [5, 5.41) is 13.6. The fraction of sp³-hybridized carbons (Fsp3) is 0.0952. The summed E-state index contributed by atoms with van der Waals surface area (Å²) in [4.78, 5) is 1.21. The first kappa shape index (κ1) is 18.3. The van der Waals surface area contributed by atoms with Crippen LogP contribution in [0.3, 0.4) is 0 Å². The summed E-state index contributed by atoms with van der Waals surface area (Å²) in [5.41, 5.74) is 2.10. The van der Waals surface area contributed by atoms with Crippen LogP contribution in [0.15, 0.2) is 77.2 Å². The summed E-state index contributed by atoms with van der Waals surface area (Å²) in [6, 6.07) is 22.0. The van der Waals surface area contributed by atoms with Gasteiger partial charge in [0.05, 0.1) is 6.21 Å². The van der Waals surface area contributed by atoms with Crippen LogP contribution < -0.4 is 4.74 Å². The average Bonchev–Trinajstić information content (AvgIpc) is 3.37. The fourth-order valence-electron chi connectivity index (χ4n) is 2.64. The Kier molecular flexibility index (Phi) is 5.75. The van der Waals surface area contributed by atoms with Gasteiger partial charge in [0, 0.05) is 11.3 Å². The molecule has 0 spiro atoms. The lowest BCUT2D eigenvalue weighted by Crippen LogP contribution is -1.99. The maximum atomic E-state index is 5.81.